The number of nitrogens with zero attached hydrogens (tertiary/aromatic N) is 2. The zero-order valence-electron chi connectivity index (χ0n) is 14.5. The molecule has 0 unspecified atom stereocenters. The second-order valence-electron chi connectivity index (χ2n) is 5.74. The van der Waals surface area contributed by atoms with E-state index in [0.717, 1.165) is 11.6 Å². The highest BCUT2D eigenvalue weighted by Gasteiger charge is 2.13. The predicted molar refractivity (Wildman–Crippen MR) is 99.1 cm³/mol. The molecule has 1 amide bonds. The molecule has 3 aromatic rings. The average Bonchev–Trinajstić information content (AvgIpc) is 3.14. The van der Waals surface area contributed by atoms with Gasteiger partial charge in [-0.05, 0) is 42.5 Å². The van der Waals surface area contributed by atoms with Gasteiger partial charge in [0.05, 0.1) is 6.42 Å². The number of ether oxygens (including phenoxy) is 1. The maximum Gasteiger partial charge on any atom is 0.306 e. The summed E-state index contributed by atoms with van der Waals surface area (Å²) in [5, 5.41) is 6.87. The van der Waals surface area contributed by atoms with Gasteiger partial charge in [-0.15, -0.1) is 0 Å². The van der Waals surface area contributed by atoms with Gasteiger partial charge in [0.2, 0.25) is 11.7 Å². The van der Waals surface area contributed by atoms with Crippen molar-refractivity contribution in [3.8, 4) is 11.4 Å². The van der Waals surface area contributed by atoms with E-state index in [4.69, 9.17) is 20.9 Å². The van der Waals surface area contributed by atoms with E-state index in [-0.39, 0.29) is 24.4 Å². The van der Waals surface area contributed by atoms with Crippen molar-refractivity contribution < 1.29 is 23.2 Å². The molecule has 28 heavy (non-hydrogen) atoms. The van der Waals surface area contributed by atoms with Crippen LogP contribution in [0.2, 0.25) is 5.02 Å². The number of anilines is 1. The molecule has 7 nitrogen and oxygen atoms in total. The Morgan fingerprint density at radius 1 is 1.18 bits per heavy atom. The number of rotatable bonds is 7. The molecule has 1 N–H and O–H groups in total. The molecule has 3 rings (SSSR count). The molecule has 1 aromatic heterocycles. The lowest BCUT2D eigenvalue weighted by molar-refractivity contribution is -0.147. The second kappa shape index (κ2) is 9.09. The Hall–Kier alpha value is -3.26. The fourth-order valence-corrected chi connectivity index (χ4v) is 2.39. The van der Waals surface area contributed by atoms with E-state index in [1.807, 2.05) is 0 Å². The van der Waals surface area contributed by atoms with E-state index >= 15 is 0 Å². The van der Waals surface area contributed by atoms with Gasteiger partial charge in [0, 0.05) is 22.7 Å². The maximum absolute atomic E-state index is 13.1. The average molecular weight is 404 g/mol. The standard InChI is InChI=1S/C19H15ClFN3O4/c20-13-6-4-12(5-7-13)19-23-17(28-24-19)8-9-18(26)27-11-16(25)22-15-3-1-2-14(21)10-15/h1-7,10H,8-9,11H2,(H,22,25). The molecule has 0 aliphatic rings. The summed E-state index contributed by atoms with van der Waals surface area (Å²) < 4.78 is 23.0. The lowest BCUT2D eigenvalue weighted by Gasteiger charge is -2.06. The Morgan fingerprint density at radius 2 is 1.96 bits per heavy atom. The van der Waals surface area contributed by atoms with Crippen molar-refractivity contribution in [2.45, 2.75) is 12.8 Å². The molecule has 0 spiro atoms. The summed E-state index contributed by atoms with van der Waals surface area (Å²) in [7, 11) is 0. The van der Waals surface area contributed by atoms with Crippen LogP contribution in [0.1, 0.15) is 12.3 Å². The number of aryl methyl sites for hydroxylation is 1. The second-order valence-corrected chi connectivity index (χ2v) is 6.17. The Kier molecular flexibility index (Phi) is 6.33. The van der Waals surface area contributed by atoms with Crippen LogP contribution in [0, 0.1) is 5.82 Å². The third-order valence-electron chi connectivity index (χ3n) is 3.59. The number of amides is 1. The lowest BCUT2D eigenvalue weighted by Crippen LogP contribution is -2.21. The summed E-state index contributed by atoms with van der Waals surface area (Å²) in [6.45, 7) is -0.477. The van der Waals surface area contributed by atoms with Crippen LogP contribution in [0.5, 0.6) is 0 Å². The summed E-state index contributed by atoms with van der Waals surface area (Å²) in [4.78, 5) is 27.7. The van der Waals surface area contributed by atoms with Crippen LogP contribution >= 0.6 is 11.6 Å². The normalized spacial score (nSPS) is 10.5. The quantitative estimate of drug-likeness (QED) is 0.605. The molecule has 1 heterocycles. The van der Waals surface area contributed by atoms with Gasteiger partial charge in [0.25, 0.3) is 5.91 Å². The van der Waals surface area contributed by atoms with Crippen molar-refractivity contribution in [2.24, 2.45) is 0 Å². The van der Waals surface area contributed by atoms with Gasteiger partial charge in [-0.3, -0.25) is 9.59 Å². The number of hydrogen-bond acceptors (Lipinski definition) is 6. The molecule has 2 aromatic carbocycles. The molecule has 0 aliphatic heterocycles. The van der Waals surface area contributed by atoms with Gasteiger partial charge < -0.3 is 14.6 Å². The van der Waals surface area contributed by atoms with Crippen molar-refractivity contribution in [3.05, 3.63) is 65.3 Å². The van der Waals surface area contributed by atoms with E-state index in [1.54, 1.807) is 24.3 Å². The Labute approximate surface area is 164 Å². The first kappa shape index (κ1) is 19.5. The topological polar surface area (TPSA) is 94.3 Å². The van der Waals surface area contributed by atoms with E-state index in [0.29, 0.717) is 10.8 Å². The minimum absolute atomic E-state index is 0.0322. The number of esters is 1. The molecule has 0 bridgehead atoms. The van der Waals surface area contributed by atoms with Crippen LogP contribution in [0.25, 0.3) is 11.4 Å². The molecule has 0 saturated carbocycles. The zero-order valence-corrected chi connectivity index (χ0v) is 15.3. The van der Waals surface area contributed by atoms with Crippen molar-refractivity contribution in [3.63, 3.8) is 0 Å². The Morgan fingerprint density at radius 3 is 2.71 bits per heavy atom. The zero-order chi connectivity index (χ0) is 19.9. The van der Waals surface area contributed by atoms with Crippen LogP contribution in [-0.4, -0.2) is 28.6 Å². The summed E-state index contributed by atoms with van der Waals surface area (Å²) in [5.74, 6) is -0.990. The van der Waals surface area contributed by atoms with Crippen LogP contribution in [0.3, 0.4) is 0 Å². The molecule has 0 saturated heterocycles. The van der Waals surface area contributed by atoms with E-state index < -0.39 is 24.3 Å². The number of hydrogen-bond donors (Lipinski definition) is 1. The highest BCUT2D eigenvalue weighted by molar-refractivity contribution is 6.30. The number of halogens is 2. The summed E-state index contributed by atoms with van der Waals surface area (Å²) in [6.07, 6.45) is 0.139. The first-order valence-electron chi connectivity index (χ1n) is 8.29. The molecule has 0 radical (unpaired) electrons. The molecular formula is C19H15ClFN3O4. The number of aromatic nitrogens is 2. The predicted octanol–water partition coefficient (Wildman–Crippen LogP) is 3.64. The van der Waals surface area contributed by atoms with Crippen molar-refractivity contribution >= 4 is 29.2 Å². The highest BCUT2D eigenvalue weighted by atomic mass is 35.5. The van der Waals surface area contributed by atoms with Crippen LogP contribution in [0.4, 0.5) is 10.1 Å². The third kappa shape index (κ3) is 5.62. The van der Waals surface area contributed by atoms with Gasteiger partial charge in [-0.25, -0.2) is 4.39 Å². The fraction of sp³-hybridized carbons (Fsp3) is 0.158. The van der Waals surface area contributed by atoms with Gasteiger partial charge in [-0.2, -0.15) is 4.98 Å². The summed E-state index contributed by atoms with van der Waals surface area (Å²) >= 11 is 5.83. The molecular weight excluding hydrogens is 389 g/mol. The van der Waals surface area contributed by atoms with Crippen molar-refractivity contribution in [2.75, 3.05) is 11.9 Å². The lowest BCUT2D eigenvalue weighted by atomic mass is 10.2. The monoisotopic (exact) mass is 403 g/mol. The Balaban J connectivity index is 1.43. The first-order valence-corrected chi connectivity index (χ1v) is 8.67. The highest BCUT2D eigenvalue weighted by Crippen LogP contribution is 2.19. The van der Waals surface area contributed by atoms with E-state index in [9.17, 15) is 14.0 Å². The smallest absolute Gasteiger partial charge is 0.306 e. The SMILES string of the molecule is O=C(COC(=O)CCc1nc(-c2ccc(Cl)cc2)no1)Nc1cccc(F)c1. The van der Waals surface area contributed by atoms with Crippen molar-refractivity contribution in [1.82, 2.24) is 10.1 Å². The number of benzene rings is 2. The van der Waals surface area contributed by atoms with Crippen LogP contribution < -0.4 is 5.32 Å². The fourth-order valence-electron chi connectivity index (χ4n) is 2.26. The minimum atomic E-state index is -0.597. The molecule has 144 valence electrons. The van der Waals surface area contributed by atoms with E-state index in [2.05, 4.69) is 15.5 Å². The number of carbonyl (C=O) groups is 2. The van der Waals surface area contributed by atoms with Crippen molar-refractivity contribution in [1.29, 1.82) is 0 Å². The van der Waals surface area contributed by atoms with Gasteiger partial charge >= 0.3 is 5.97 Å². The summed E-state index contributed by atoms with van der Waals surface area (Å²) in [6, 6.07) is 12.3. The van der Waals surface area contributed by atoms with Gasteiger partial charge in [-0.1, -0.05) is 22.8 Å². The first-order chi connectivity index (χ1) is 13.5. The van der Waals surface area contributed by atoms with Gasteiger partial charge in [0.1, 0.15) is 5.82 Å². The summed E-state index contributed by atoms with van der Waals surface area (Å²) in [5.41, 5.74) is 1.01. The minimum Gasteiger partial charge on any atom is -0.456 e. The third-order valence-corrected chi connectivity index (χ3v) is 3.84. The van der Waals surface area contributed by atoms with Crippen LogP contribution in [0.15, 0.2) is 53.1 Å². The molecule has 9 heteroatoms. The molecule has 0 fully saturated rings. The molecule has 0 aliphatic carbocycles. The van der Waals surface area contributed by atoms with Gasteiger partial charge in [0.15, 0.2) is 6.61 Å². The van der Waals surface area contributed by atoms with Crippen LogP contribution in [-0.2, 0) is 20.7 Å². The number of nitrogens with one attached hydrogen (secondary N) is 1. The Bertz CT molecular complexity index is 975. The maximum atomic E-state index is 13.1. The largest absolute Gasteiger partial charge is 0.456 e. The van der Waals surface area contributed by atoms with E-state index in [1.165, 1.54) is 18.2 Å². The number of carbonyl (C=O) groups excluding carboxylic acids is 2. The molecule has 0 atom stereocenters.